The number of carbonyl (C=O) groups is 1. The fourth-order valence-corrected chi connectivity index (χ4v) is 3.44. The van der Waals surface area contributed by atoms with E-state index in [9.17, 15) is 4.79 Å². The molecular weight excluding hydrogens is 298 g/mol. The summed E-state index contributed by atoms with van der Waals surface area (Å²) in [7, 11) is 0. The predicted octanol–water partition coefficient (Wildman–Crippen LogP) is 2.09. The molecule has 0 bridgehead atoms. The second-order valence-corrected chi connectivity index (χ2v) is 6.29. The van der Waals surface area contributed by atoms with Gasteiger partial charge in [0.2, 0.25) is 11.8 Å². The van der Waals surface area contributed by atoms with Crippen LogP contribution in [0.2, 0.25) is 0 Å². The van der Waals surface area contributed by atoms with Crippen molar-refractivity contribution in [1.29, 1.82) is 0 Å². The van der Waals surface area contributed by atoms with Crippen LogP contribution >= 0.6 is 0 Å². The van der Waals surface area contributed by atoms with Gasteiger partial charge in [-0.15, -0.1) is 0 Å². The van der Waals surface area contributed by atoms with Gasteiger partial charge in [0.05, 0.1) is 24.2 Å². The lowest BCUT2D eigenvalue weighted by molar-refractivity contribution is -0.196. The Kier molecular flexibility index (Phi) is 4.66. The SMILES string of the molecule is CCOc1ccnc(NCC2CCCC3(CC(C(=O)O)C3)O2)n1. The van der Waals surface area contributed by atoms with E-state index in [4.69, 9.17) is 14.6 Å². The zero-order valence-electron chi connectivity index (χ0n) is 13.3. The van der Waals surface area contributed by atoms with Crippen LogP contribution in [0.5, 0.6) is 5.88 Å². The number of carboxylic acids is 1. The third-order valence-electron chi connectivity index (χ3n) is 4.57. The van der Waals surface area contributed by atoms with E-state index in [1.54, 1.807) is 12.3 Å². The van der Waals surface area contributed by atoms with E-state index in [0.717, 1.165) is 19.3 Å². The van der Waals surface area contributed by atoms with E-state index < -0.39 is 5.97 Å². The summed E-state index contributed by atoms with van der Waals surface area (Å²) >= 11 is 0. The van der Waals surface area contributed by atoms with Crippen molar-refractivity contribution in [3.05, 3.63) is 12.3 Å². The van der Waals surface area contributed by atoms with Crippen molar-refractivity contribution in [1.82, 2.24) is 9.97 Å². The minimum atomic E-state index is -0.708. The van der Waals surface area contributed by atoms with E-state index in [-0.39, 0.29) is 17.6 Å². The van der Waals surface area contributed by atoms with E-state index in [1.807, 2.05) is 6.92 Å². The van der Waals surface area contributed by atoms with Gasteiger partial charge in [0.25, 0.3) is 0 Å². The summed E-state index contributed by atoms with van der Waals surface area (Å²) in [6, 6.07) is 1.72. The third-order valence-corrected chi connectivity index (χ3v) is 4.57. The van der Waals surface area contributed by atoms with Crippen LogP contribution in [0.3, 0.4) is 0 Å². The van der Waals surface area contributed by atoms with E-state index in [1.165, 1.54) is 0 Å². The van der Waals surface area contributed by atoms with Gasteiger partial charge in [-0.25, -0.2) is 4.98 Å². The molecule has 2 aliphatic rings. The number of ether oxygens (including phenoxy) is 2. The highest BCUT2D eigenvalue weighted by atomic mass is 16.5. The number of aromatic nitrogens is 2. The molecule has 23 heavy (non-hydrogen) atoms. The number of hydrogen-bond donors (Lipinski definition) is 2. The molecule has 0 radical (unpaired) electrons. The van der Waals surface area contributed by atoms with Crippen LogP contribution in [0.25, 0.3) is 0 Å². The maximum absolute atomic E-state index is 11.0. The smallest absolute Gasteiger partial charge is 0.306 e. The van der Waals surface area contributed by atoms with Crippen LogP contribution in [-0.2, 0) is 9.53 Å². The van der Waals surface area contributed by atoms with Crippen molar-refractivity contribution < 1.29 is 19.4 Å². The first-order valence-electron chi connectivity index (χ1n) is 8.20. The standard InChI is InChI=1S/C16H23N3O4/c1-2-22-13-5-7-17-15(19-13)18-10-12-4-3-6-16(23-12)8-11(9-16)14(20)21/h5,7,11-12H,2-4,6,8-10H2,1H3,(H,20,21)(H,17,18,19). The lowest BCUT2D eigenvalue weighted by atomic mass is 9.67. The topological polar surface area (TPSA) is 93.6 Å². The Hall–Kier alpha value is -1.89. The molecular formula is C16H23N3O4. The van der Waals surface area contributed by atoms with Crippen molar-refractivity contribution >= 4 is 11.9 Å². The molecule has 3 rings (SSSR count). The first-order valence-corrected chi connectivity index (χ1v) is 8.20. The molecule has 1 aliphatic carbocycles. The molecule has 7 heteroatoms. The molecule has 1 aromatic heterocycles. The summed E-state index contributed by atoms with van der Waals surface area (Å²) in [5.41, 5.74) is -0.221. The Labute approximate surface area is 135 Å². The fraction of sp³-hybridized carbons (Fsp3) is 0.688. The summed E-state index contributed by atoms with van der Waals surface area (Å²) in [4.78, 5) is 19.4. The Morgan fingerprint density at radius 1 is 1.57 bits per heavy atom. The van der Waals surface area contributed by atoms with Crippen molar-refractivity contribution in [3.63, 3.8) is 0 Å². The molecule has 126 valence electrons. The first-order chi connectivity index (χ1) is 11.1. The largest absolute Gasteiger partial charge is 0.481 e. The highest BCUT2D eigenvalue weighted by Crippen LogP contribution is 2.47. The van der Waals surface area contributed by atoms with E-state index in [2.05, 4.69) is 15.3 Å². The van der Waals surface area contributed by atoms with E-state index >= 15 is 0 Å². The third kappa shape index (κ3) is 3.72. The maximum atomic E-state index is 11.0. The van der Waals surface area contributed by atoms with Crippen molar-refractivity contribution in [2.45, 2.75) is 50.7 Å². The lowest BCUT2D eigenvalue weighted by Gasteiger charge is -2.50. The van der Waals surface area contributed by atoms with Gasteiger partial charge >= 0.3 is 5.97 Å². The Morgan fingerprint density at radius 3 is 3.13 bits per heavy atom. The highest BCUT2D eigenvalue weighted by Gasteiger charge is 2.50. The number of carboxylic acid groups (broad SMARTS) is 1. The van der Waals surface area contributed by atoms with Gasteiger partial charge in [-0.3, -0.25) is 4.79 Å². The minimum Gasteiger partial charge on any atom is -0.481 e. The molecule has 1 atom stereocenters. The molecule has 2 fully saturated rings. The van der Waals surface area contributed by atoms with Crippen LogP contribution in [0.1, 0.15) is 39.0 Å². The van der Waals surface area contributed by atoms with Crippen LogP contribution in [0.15, 0.2) is 12.3 Å². The van der Waals surface area contributed by atoms with Crippen molar-refractivity contribution in [2.75, 3.05) is 18.5 Å². The predicted molar refractivity (Wildman–Crippen MR) is 83.5 cm³/mol. The van der Waals surface area contributed by atoms with Crippen LogP contribution in [0.4, 0.5) is 5.95 Å². The average molecular weight is 321 g/mol. The molecule has 2 N–H and O–H groups in total. The molecule has 7 nitrogen and oxygen atoms in total. The Morgan fingerprint density at radius 2 is 2.39 bits per heavy atom. The van der Waals surface area contributed by atoms with Gasteiger partial charge in [-0.05, 0) is 39.0 Å². The number of nitrogens with zero attached hydrogens (tertiary/aromatic N) is 2. The first kappa shape index (κ1) is 16.0. The molecule has 0 amide bonds. The molecule has 2 heterocycles. The van der Waals surface area contributed by atoms with Gasteiger partial charge < -0.3 is 19.9 Å². The van der Waals surface area contributed by atoms with Crippen LogP contribution < -0.4 is 10.1 Å². The number of hydrogen-bond acceptors (Lipinski definition) is 6. The van der Waals surface area contributed by atoms with Gasteiger partial charge in [0.15, 0.2) is 0 Å². The number of nitrogens with one attached hydrogen (secondary N) is 1. The average Bonchev–Trinajstić information content (AvgIpc) is 2.51. The molecule has 1 spiro atoms. The zero-order chi connectivity index (χ0) is 16.3. The zero-order valence-corrected chi connectivity index (χ0v) is 13.3. The van der Waals surface area contributed by atoms with Gasteiger partial charge in [0, 0.05) is 18.8 Å². The maximum Gasteiger partial charge on any atom is 0.306 e. The summed E-state index contributed by atoms with van der Waals surface area (Å²) in [6.45, 7) is 3.10. The van der Waals surface area contributed by atoms with Crippen molar-refractivity contribution in [3.8, 4) is 5.88 Å². The lowest BCUT2D eigenvalue weighted by Crippen LogP contribution is -2.53. The second-order valence-electron chi connectivity index (χ2n) is 6.29. The molecule has 1 aliphatic heterocycles. The summed E-state index contributed by atoms with van der Waals surface area (Å²) in [6.07, 6.45) is 6.00. The van der Waals surface area contributed by atoms with Crippen LogP contribution in [-0.4, -0.2) is 45.9 Å². The fourth-order valence-electron chi connectivity index (χ4n) is 3.44. The quantitative estimate of drug-likeness (QED) is 0.828. The van der Waals surface area contributed by atoms with E-state index in [0.29, 0.717) is 37.8 Å². The summed E-state index contributed by atoms with van der Waals surface area (Å²) in [5.74, 6) is 0.124. The highest BCUT2D eigenvalue weighted by molar-refractivity contribution is 5.71. The summed E-state index contributed by atoms with van der Waals surface area (Å²) < 4.78 is 11.5. The molecule has 0 aromatic carbocycles. The molecule has 1 saturated heterocycles. The minimum absolute atomic E-state index is 0.0674. The van der Waals surface area contributed by atoms with Gasteiger partial charge in [0.1, 0.15) is 0 Å². The van der Waals surface area contributed by atoms with Crippen LogP contribution in [0, 0.1) is 5.92 Å². The second kappa shape index (κ2) is 6.70. The molecule has 1 aromatic rings. The molecule has 1 saturated carbocycles. The Bertz CT molecular complexity index is 560. The monoisotopic (exact) mass is 321 g/mol. The number of anilines is 1. The molecule has 1 unspecified atom stereocenters. The normalized spacial score (nSPS) is 29.8. The van der Waals surface area contributed by atoms with Gasteiger partial charge in [-0.2, -0.15) is 4.98 Å². The Balaban J connectivity index is 1.51. The van der Waals surface area contributed by atoms with Gasteiger partial charge in [-0.1, -0.05) is 0 Å². The van der Waals surface area contributed by atoms with Crippen molar-refractivity contribution in [2.24, 2.45) is 5.92 Å². The number of aliphatic carboxylic acids is 1. The number of rotatable bonds is 6. The summed E-state index contributed by atoms with van der Waals surface area (Å²) in [5, 5.41) is 12.2.